The minimum absolute atomic E-state index is 0.0427. The third-order valence-corrected chi connectivity index (χ3v) is 4.55. The van der Waals surface area contributed by atoms with Crippen LogP contribution in [-0.4, -0.2) is 32.2 Å². The maximum absolute atomic E-state index is 12.4. The summed E-state index contributed by atoms with van der Waals surface area (Å²) in [5.74, 6) is -0.445. The van der Waals surface area contributed by atoms with Crippen LogP contribution in [0.25, 0.3) is 0 Å². The maximum atomic E-state index is 12.4. The predicted molar refractivity (Wildman–Crippen MR) is 72.5 cm³/mol. The Hall–Kier alpha value is -1.28. The molecule has 0 bridgehead atoms. The first-order valence-electron chi connectivity index (χ1n) is 6.56. The van der Waals surface area contributed by atoms with Crippen molar-refractivity contribution in [1.82, 2.24) is 4.31 Å². The van der Waals surface area contributed by atoms with Crippen LogP contribution < -0.4 is 4.74 Å². The number of hydrogen-bond donors (Lipinski definition) is 0. The molecule has 0 aliphatic rings. The van der Waals surface area contributed by atoms with Gasteiger partial charge in [-0.15, -0.1) is 13.2 Å². The SMILES string of the molecule is CCCN(CCC)S(=O)(=O)c1ccc(OC(F)(F)F)cc1. The van der Waals surface area contributed by atoms with Crippen LogP contribution in [0.15, 0.2) is 29.2 Å². The average Bonchev–Trinajstić information content (AvgIpc) is 2.37. The standard InChI is InChI=1S/C13H18F3NO3S/c1-3-9-17(10-4-2)21(18,19)12-7-5-11(6-8-12)20-13(14,15)16/h5-8H,3-4,9-10H2,1-2H3. The molecule has 0 saturated heterocycles. The number of sulfonamides is 1. The van der Waals surface area contributed by atoms with Gasteiger partial charge < -0.3 is 4.74 Å². The number of hydrogen-bond acceptors (Lipinski definition) is 3. The van der Waals surface area contributed by atoms with Crippen LogP contribution >= 0.6 is 0 Å². The number of alkyl halides is 3. The lowest BCUT2D eigenvalue weighted by Gasteiger charge is -2.21. The van der Waals surface area contributed by atoms with Gasteiger partial charge in [0.05, 0.1) is 4.90 Å². The Morgan fingerprint density at radius 2 is 1.52 bits per heavy atom. The average molecular weight is 325 g/mol. The molecule has 0 N–H and O–H groups in total. The molecule has 4 nitrogen and oxygen atoms in total. The van der Waals surface area contributed by atoms with Crippen molar-refractivity contribution in [3.8, 4) is 5.75 Å². The van der Waals surface area contributed by atoms with E-state index < -0.39 is 22.1 Å². The van der Waals surface area contributed by atoms with Crippen LogP contribution in [0.5, 0.6) is 5.75 Å². The van der Waals surface area contributed by atoms with Gasteiger partial charge >= 0.3 is 6.36 Å². The van der Waals surface area contributed by atoms with Gasteiger partial charge in [-0.3, -0.25) is 0 Å². The second-order valence-corrected chi connectivity index (χ2v) is 6.36. The lowest BCUT2D eigenvalue weighted by atomic mass is 10.3. The van der Waals surface area contributed by atoms with Crippen LogP contribution in [0.3, 0.4) is 0 Å². The summed E-state index contributed by atoms with van der Waals surface area (Å²) in [7, 11) is -3.69. The van der Waals surface area contributed by atoms with Crippen molar-refractivity contribution in [2.45, 2.75) is 37.9 Å². The van der Waals surface area contributed by atoms with E-state index in [9.17, 15) is 21.6 Å². The Morgan fingerprint density at radius 3 is 1.90 bits per heavy atom. The zero-order valence-electron chi connectivity index (χ0n) is 11.9. The number of benzene rings is 1. The molecular formula is C13H18F3NO3S. The molecule has 0 aromatic heterocycles. The molecule has 21 heavy (non-hydrogen) atoms. The summed E-state index contributed by atoms with van der Waals surface area (Å²) in [6.45, 7) is 4.46. The van der Waals surface area contributed by atoms with Crippen LogP contribution in [0.1, 0.15) is 26.7 Å². The summed E-state index contributed by atoms with van der Waals surface area (Å²) >= 11 is 0. The van der Waals surface area contributed by atoms with Gasteiger partial charge in [-0.05, 0) is 37.1 Å². The molecule has 120 valence electrons. The van der Waals surface area contributed by atoms with Crippen LogP contribution in [0.2, 0.25) is 0 Å². The van der Waals surface area contributed by atoms with E-state index in [1.54, 1.807) is 0 Å². The molecule has 0 saturated carbocycles. The van der Waals surface area contributed by atoms with E-state index in [0.717, 1.165) is 24.3 Å². The van der Waals surface area contributed by atoms with Gasteiger partial charge in [-0.2, -0.15) is 4.31 Å². The number of halogens is 3. The number of ether oxygens (including phenoxy) is 1. The lowest BCUT2D eigenvalue weighted by molar-refractivity contribution is -0.274. The van der Waals surface area contributed by atoms with Crippen LogP contribution in [-0.2, 0) is 10.0 Å². The van der Waals surface area contributed by atoms with Crippen molar-refractivity contribution in [1.29, 1.82) is 0 Å². The molecule has 0 aliphatic carbocycles. The number of rotatable bonds is 7. The Kier molecular flexibility index (Phi) is 6.03. The fraction of sp³-hybridized carbons (Fsp3) is 0.538. The lowest BCUT2D eigenvalue weighted by Crippen LogP contribution is -2.32. The van der Waals surface area contributed by atoms with Crippen molar-refractivity contribution in [3.05, 3.63) is 24.3 Å². The quantitative estimate of drug-likeness (QED) is 0.772. The van der Waals surface area contributed by atoms with E-state index in [1.807, 2.05) is 13.8 Å². The Morgan fingerprint density at radius 1 is 1.05 bits per heavy atom. The van der Waals surface area contributed by atoms with Gasteiger partial charge in [0.1, 0.15) is 5.75 Å². The molecule has 0 radical (unpaired) electrons. The first kappa shape index (κ1) is 17.8. The van der Waals surface area contributed by atoms with Gasteiger partial charge in [0.2, 0.25) is 10.0 Å². The molecule has 0 amide bonds. The Bertz CT molecular complexity index is 535. The summed E-state index contributed by atoms with van der Waals surface area (Å²) in [5, 5.41) is 0. The second kappa shape index (κ2) is 7.13. The van der Waals surface area contributed by atoms with E-state index in [0.29, 0.717) is 25.9 Å². The minimum Gasteiger partial charge on any atom is -0.406 e. The van der Waals surface area contributed by atoms with Gasteiger partial charge in [0.25, 0.3) is 0 Å². The van der Waals surface area contributed by atoms with Gasteiger partial charge in [0, 0.05) is 13.1 Å². The van der Waals surface area contributed by atoms with E-state index in [2.05, 4.69) is 4.74 Å². The van der Waals surface area contributed by atoms with Crippen LogP contribution in [0, 0.1) is 0 Å². The first-order chi connectivity index (χ1) is 9.70. The van der Waals surface area contributed by atoms with E-state index in [-0.39, 0.29) is 4.90 Å². The fourth-order valence-electron chi connectivity index (χ4n) is 1.81. The highest BCUT2D eigenvalue weighted by atomic mass is 32.2. The van der Waals surface area contributed by atoms with Gasteiger partial charge in [-0.1, -0.05) is 13.8 Å². The molecule has 0 unspecified atom stereocenters. The molecular weight excluding hydrogens is 307 g/mol. The summed E-state index contributed by atoms with van der Waals surface area (Å²) < 4.78 is 66.0. The zero-order chi connectivity index (χ0) is 16.1. The van der Waals surface area contributed by atoms with E-state index >= 15 is 0 Å². The fourth-order valence-corrected chi connectivity index (χ4v) is 3.44. The van der Waals surface area contributed by atoms with Crippen molar-refractivity contribution >= 4 is 10.0 Å². The summed E-state index contributed by atoms with van der Waals surface area (Å²) in [5.41, 5.74) is 0. The molecule has 0 fully saturated rings. The number of nitrogens with zero attached hydrogens (tertiary/aromatic N) is 1. The molecule has 0 heterocycles. The monoisotopic (exact) mass is 325 g/mol. The molecule has 1 rings (SSSR count). The molecule has 0 spiro atoms. The minimum atomic E-state index is -4.79. The third-order valence-electron chi connectivity index (χ3n) is 2.64. The normalized spacial score (nSPS) is 12.7. The Labute approximate surface area is 122 Å². The third kappa shape index (κ3) is 5.20. The van der Waals surface area contributed by atoms with Crippen molar-refractivity contribution < 1.29 is 26.3 Å². The van der Waals surface area contributed by atoms with E-state index in [1.165, 1.54) is 4.31 Å². The smallest absolute Gasteiger partial charge is 0.406 e. The highest BCUT2D eigenvalue weighted by Gasteiger charge is 2.31. The van der Waals surface area contributed by atoms with Crippen molar-refractivity contribution in [2.75, 3.05) is 13.1 Å². The van der Waals surface area contributed by atoms with Crippen LogP contribution in [0.4, 0.5) is 13.2 Å². The molecule has 1 aromatic rings. The Balaban J connectivity index is 2.98. The highest BCUT2D eigenvalue weighted by molar-refractivity contribution is 7.89. The first-order valence-corrected chi connectivity index (χ1v) is 8.00. The second-order valence-electron chi connectivity index (χ2n) is 4.42. The van der Waals surface area contributed by atoms with Gasteiger partial charge in [0.15, 0.2) is 0 Å². The molecule has 1 aromatic carbocycles. The van der Waals surface area contributed by atoms with Crippen molar-refractivity contribution in [3.63, 3.8) is 0 Å². The largest absolute Gasteiger partial charge is 0.573 e. The van der Waals surface area contributed by atoms with Crippen molar-refractivity contribution in [2.24, 2.45) is 0 Å². The summed E-state index contributed by atoms with van der Waals surface area (Å²) in [4.78, 5) is -0.0427. The zero-order valence-corrected chi connectivity index (χ0v) is 12.7. The summed E-state index contributed by atoms with van der Waals surface area (Å²) in [6.07, 6.45) is -3.47. The molecule has 0 aliphatic heterocycles. The van der Waals surface area contributed by atoms with Gasteiger partial charge in [-0.25, -0.2) is 8.42 Å². The summed E-state index contributed by atoms with van der Waals surface area (Å²) in [6, 6.07) is 4.23. The maximum Gasteiger partial charge on any atom is 0.573 e. The van der Waals surface area contributed by atoms with E-state index in [4.69, 9.17) is 0 Å². The topological polar surface area (TPSA) is 46.6 Å². The highest BCUT2D eigenvalue weighted by Crippen LogP contribution is 2.25. The molecule has 8 heteroatoms. The molecule has 0 atom stereocenters. The predicted octanol–water partition coefficient (Wildman–Crippen LogP) is 3.40.